The number of aromatic nitrogens is 2. The van der Waals surface area contributed by atoms with Crippen molar-refractivity contribution in [3.8, 4) is 5.75 Å². The van der Waals surface area contributed by atoms with Crippen molar-refractivity contribution in [2.24, 2.45) is 5.92 Å². The van der Waals surface area contributed by atoms with Gasteiger partial charge in [-0.15, -0.1) is 11.3 Å². The van der Waals surface area contributed by atoms with Gasteiger partial charge in [-0.05, 0) is 85.9 Å². The third kappa shape index (κ3) is 8.96. The number of rotatable bonds is 6. The fourth-order valence-corrected chi connectivity index (χ4v) is 7.14. The van der Waals surface area contributed by atoms with Crippen LogP contribution in [-0.2, 0) is 38.6 Å². The molecule has 4 bridgehead atoms. The monoisotopic (exact) mass is 685 g/mol. The number of carbonyl (C=O) groups is 4. The summed E-state index contributed by atoms with van der Waals surface area (Å²) in [5.74, 6) is -0.638. The Morgan fingerprint density at radius 1 is 1.12 bits per heavy atom. The highest BCUT2D eigenvalue weighted by Crippen LogP contribution is 2.23. The highest BCUT2D eigenvalue weighted by Gasteiger charge is 2.32. The van der Waals surface area contributed by atoms with Gasteiger partial charge in [-0.1, -0.05) is 18.2 Å². The van der Waals surface area contributed by atoms with Gasteiger partial charge in [0.15, 0.2) is 4.96 Å². The Bertz CT molecular complexity index is 1770. The minimum atomic E-state index is -1.18. The van der Waals surface area contributed by atoms with Gasteiger partial charge in [-0.2, -0.15) is 0 Å². The van der Waals surface area contributed by atoms with Crippen LogP contribution in [0.4, 0.5) is 5.69 Å². The number of carbonyl (C=O) groups excluding carboxylic acids is 4. The quantitative estimate of drug-likeness (QED) is 0.227. The SMILES string of the molecule is Cc1ccc2cc1CNC(=O)[C@H](CCc1ccc(N)cc1)NC(=O)[C@@H](NC(=O)Cc1cn3ccsc3n1)CC(=O)N1CCCC(CCO2)C1. The van der Waals surface area contributed by atoms with Crippen LogP contribution in [0.3, 0.4) is 0 Å². The summed E-state index contributed by atoms with van der Waals surface area (Å²) in [5, 5.41) is 10.6. The van der Waals surface area contributed by atoms with Crippen LogP contribution < -0.4 is 26.4 Å². The summed E-state index contributed by atoms with van der Waals surface area (Å²) < 4.78 is 7.94. The Balaban J connectivity index is 1.25. The Morgan fingerprint density at radius 3 is 2.78 bits per heavy atom. The molecule has 4 heterocycles. The minimum absolute atomic E-state index is 0.0579. The number of benzene rings is 2. The first-order valence-electron chi connectivity index (χ1n) is 16.8. The predicted octanol–water partition coefficient (Wildman–Crippen LogP) is 3.16. The van der Waals surface area contributed by atoms with Gasteiger partial charge < -0.3 is 31.3 Å². The maximum Gasteiger partial charge on any atom is 0.243 e. The molecule has 2 aliphatic heterocycles. The summed E-state index contributed by atoms with van der Waals surface area (Å²) in [5.41, 5.74) is 9.92. The van der Waals surface area contributed by atoms with E-state index in [4.69, 9.17) is 10.5 Å². The molecule has 0 spiro atoms. The number of nitrogen functional groups attached to an aromatic ring is 1. The second kappa shape index (κ2) is 15.5. The van der Waals surface area contributed by atoms with E-state index in [9.17, 15) is 19.2 Å². The van der Waals surface area contributed by atoms with Crippen molar-refractivity contribution in [1.29, 1.82) is 0 Å². The largest absolute Gasteiger partial charge is 0.494 e. The van der Waals surface area contributed by atoms with Crippen molar-refractivity contribution < 1.29 is 23.9 Å². The predicted molar refractivity (Wildman–Crippen MR) is 187 cm³/mol. The average Bonchev–Trinajstić information content (AvgIpc) is 3.69. The van der Waals surface area contributed by atoms with Crippen LogP contribution >= 0.6 is 11.3 Å². The molecule has 0 radical (unpaired) electrons. The number of aryl methyl sites for hydroxylation is 2. The summed E-state index contributed by atoms with van der Waals surface area (Å²) in [4.78, 5) is 61.7. The normalized spacial score (nSPS) is 20.9. The zero-order valence-corrected chi connectivity index (χ0v) is 28.5. The number of amides is 4. The Kier molecular flexibility index (Phi) is 10.8. The summed E-state index contributed by atoms with van der Waals surface area (Å²) in [6, 6.07) is 11.1. The van der Waals surface area contributed by atoms with Gasteiger partial charge in [0.05, 0.1) is 25.1 Å². The molecular weight excluding hydrogens is 643 g/mol. The molecule has 2 aromatic carbocycles. The van der Waals surface area contributed by atoms with Gasteiger partial charge in [-0.25, -0.2) is 4.98 Å². The molecule has 0 saturated carbocycles. The number of nitrogens with two attached hydrogens (primary N) is 1. The number of fused-ring (bicyclic) bond motifs is 5. The molecule has 258 valence electrons. The molecule has 3 atom stereocenters. The average molecular weight is 686 g/mol. The number of imidazole rings is 1. The highest BCUT2D eigenvalue weighted by molar-refractivity contribution is 7.15. The lowest BCUT2D eigenvalue weighted by Crippen LogP contribution is -2.55. The van der Waals surface area contributed by atoms with Gasteiger partial charge in [0.1, 0.15) is 17.8 Å². The Labute approximate surface area is 289 Å². The van der Waals surface area contributed by atoms with E-state index in [0.717, 1.165) is 46.7 Å². The van der Waals surface area contributed by atoms with E-state index in [2.05, 4.69) is 20.9 Å². The van der Waals surface area contributed by atoms with E-state index in [1.807, 2.05) is 53.2 Å². The van der Waals surface area contributed by atoms with Crippen molar-refractivity contribution in [3.63, 3.8) is 0 Å². The third-order valence-electron chi connectivity index (χ3n) is 9.29. The smallest absolute Gasteiger partial charge is 0.243 e. The maximum absolute atomic E-state index is 14.0. The molecular formula is C36H43N7O5S. The molecule has 4 amide bonds. The first-order chi connectivity index (χ1) is 23.7. The van der Waals surface area contributed by atoms with Crippen LogP contribution in [0.2, 0.25) is 0 Å². The summed E-state index contributed by atoms with van der Waals surface area (Å²) >= 11 is 1.46. The standard InChI is InChI=1S/C36H43N7O5S/c1-23-4-10-29-17-26(23)20-38-34(46)30(11-7-24-5-8-27(37)9-6-24)41-35(47)31(19-33(45)42-13-2-3-25(21-42)12-15-48-29)40-32(44)18-28-22-43-14-16-49-36(43)39-28/h4-6,8-10,14,16-17,22,25,30-31H,2-3,7,11-13,15,18-21,37H2,1H3,(H,38,46)(H,40,44)(H,41,47)/t25?,30-,31-/m0/s1. The van der Waals surface area contributed by atoms with Crippen LogP contribution in [0.5, 0.6) is 5.75 Å². The van der Waals surface area contributed by atoms with Gasteiger partial charge in [0.2, 0.25) is 23.6 Å². The van der Waals surface area contributed by atoms with Crippen LogP contribution in [0.15, 0.2) is 60.2 Å². The van der Waals surface area contributed by atoms with Gasteiger partial charge in [-0.3, -0.25) is 23.6 Å². The molecule has 1 saturated heterocycles. The number of nitrogens with zero attached hydrogens (tertiary/aromatic N) is 3. The Hall–Kier alpha value is -4.91. The van der Waals surface area contributed by atoms with E-state index >= 15 is 0 Å². The Morgan fingerprint density at radius 2 is 1.96 bits per heavy atom. The topological polar surface area (TPSA) is 160 Å². The molecule has 0 aliphatic carbocycles. The van der Waals surface area contributed by atoms with E-state index < -0.39 is 23.9 Å². The third-order valence-corrected chi connectivity index (χ3v) is 10.1. The summed E-state index contributed by atoms with van der Waals surface area (Å²) in [6.07, 6.45) is 6.73. The minimum Gasteiger partial charge on any atom is -0.494 e. The second-order valence-corrected chi connectivity index (χ2v) is 13.8. The van der Waals surface area contributed by atoms with E-state index in [1.165, 1.54) is 11.3 Å². The van der Waals surface area contributed by atoms with Gasteiger partial charge in [0, 0.05) is 43.1 Å². The van der Waals surface area contributed by atoms with E-state index in [0.29, 0.717) is 37.5 Å². The van der Waals surface area contributed by atoms with E-state index in [-0.39, 0.29) is 43.5 Å². The molecule has 1 unspecified atom stereocenters. The van der Waals surface area contributed by atoms with E-state index in [1.54, 1.807) is 23.2 Å². The van der Waals surface area contributed by atoms with Crippen molar-refractivity contribution in [1.82, 2.24) is 30.2 Å². The summed E-state index contributed by atoms with van der Waals surface area (Å²) in [7, 11) is 0. The molecule has 6 rings (SSSR count). The van der Waals surface area contributed by atoms with Crippen molar-refractivity contribution in [2.75, 3.05) is 25.4 Å². The van der Waals surface area contributed by atoms with Crippen LogP contribution in [-0.4, -0.2) is 69.7 Å². The zero-order chi connectivity index (χ0) is 34.3. The lowest BCUT2D eigenvalue weighted by molar-refractivity contribution is -0.138. The van der Waals surface area contributed by atoms with Gasteiger partial charge in [0.25, 0.3) is 0 Å². The van der Waals surface area contributed by atoms with Crippen LogP contribution in [0, 0.1) is 12.8 Å². The van der Waals surface area contributed by atoms with Crippen molar-refractivity contribution in [3.05, 3.63) is 82.6 Å². The number of thiazole rings is 1. The maximum atomic E-state index is 14.0. The van der Waals surface area contributed by atoms with Crippen LogP contribution in [0.25, 0.3) is 4.96 Å². The summed E-state index contributed by atoms with van der Waals surface area (Å²) in [6.45, 7) is 3.86. The lowest BCUT2D eigenvalue weighted by Gasteiger charge is -2.34. The molecule has 2 aliphatic rings. The molecule has 4 aromatic rings. The lowest BCUT2D eigenvalue weighted by atomic mass is 9.94. The second-order valence-electron chi connectivity index (χ2n) is 13.0. The number of anilines is 1. The number of nitrogens with one attached hydrogen (secondary N) is 3. The fourth-order valence-electron chi connectivity index (χ4n) is 6.42. The molecule has 5 N–H and O–H groups in total. The van der Waals surface area contributed by atoms with Gasteiger partial charge >= 0.3 is 0 Å². The molecule has 13 heteroatoms. The number of hydrogen-bond acceptors (Lipinski definition) is 8. The number of hydrogen-bond donors (Lipinski definition) is 4. The number of ether oxygens (including phenoxy) is 1. The molecule has 2 aromatic heterocycles. The van der Waals surface area contributed by atoms with Crippen LogP contribution in [0.1, 0.15) is 54.5 Å². The first kappa shape index (κ1) is 34.0. The van der Waals surface area contributed by atoms with Crippen molar-refractivity contribution >= 4 is 45.6 Å². The highest BCUT2D eigenvalue weighted by atomic mass is 32.1. The fraction of sp³-hybridized carbons (Fsp3) is 0.417. The zero-order valence-electron chi connectivity index (χ0n) is 27.7. The first-order valence-corrected chi connectivity index (χ1v) is 17.7. The van der Waals surface area contributed by atoms with Crippen molar-refractivity contribution in [2.45, 2.75) is 70.5 Å². The molecule has 1 fully saturated rings. The molecule has 12 nitrogen and oxygen atoms in total. The number of piperidine rings is 1. The molecule has 49 heavy (non-hydrogen) atoms.